The van der Waals surface area contributed by atoms with Crippen LogP contribution in [0.15, 0.2) is 23.8 Å². The van der Waals surface area contributed by atoms with E-state index in [0.717, 1.165) is 31.0 Å². The molecule has 0 saturated heterocycles. The second kappa shape index (κ2) is 10.2. The summed E-state index contributed by atoms with van der Waals surface area (Å²) in [4.78, 5) is 0. The molecule has 124 valence electrons. The third kappa shape index (κ3) is 6.80. The van der Waals surface area contributed by atoms with Gasteiger partial charge < -0.3 is 11.1 Å². The normalized spacial score (nSPS) is 18.1. The van der Waals surface area contributed by atoms with Gasteiger partial charge in [0.15, 0.2) is 0 Å². The van der Waals surface area contributed by atoms with E-state index in [1.165, 1.54) is 24.8 Å². The van der Waals surface area contributed by atoms with Crippen molar-refractivity contribution in [2.45, 2.75) is 60.3 Å². The number of nitrogens with two attached hydrogens (primary N) is 1. The Morgan fingerprint density at radius 3 is 2.33 bits per heavy atom. The maximum atomic E-state index is 5.90. The van der Waals surface area contributed by atoms with Crippen molar-refractivity contribution in [1.82, 2.24) is 5.32 Å². The summed E-state index contributed by atoms with van der Waals surface area (Å²) in [6.45, 7) is 17.3. The van der Waals surface area contributed by atoms with Crippen LogP contribution in [0.1, 0.15) is 60.3 Å². The van der Waals surface area contributed by atoms with Gasteiger partial charge in [0.05, 0.1) is 0 Å². The van der Waals surface area contributed by atoms with Gasteiger partial charge in [-0.1, -0.05) is 57.4 Å². The summed E-state index contributed by atoms with van der Waals surface area (Å²) in [6.07, 6.45) is 6.98. The van der Waals surface area contributed by atoms with E-state index in [0.29, 0.717) is 5.92 Å². The number of nitrogens with one attached hydrogen (secondary N) is 1. The van der Waals surface area contributed by atoms with Crippen molar-refractivity contribution in [3.8, 4) is 0 Å². The van der Waals surface area contributed by atoms with Crippen molar-refractivity contribution in [1.29, 1.82) is 0 Å². The van der Waals surface area contributed by atoms with E-state index in [9.17, 15) is 0 Å². The molecule has 0 heterocycles. The van der Waals surface area contributed by atoms with Crippen LogP contribution in [-0.2, 0) is 0 Å². The van der Waals surface area contributed by atoms with Crippen LogP contribution in [-0.4, -0.2) is 20.1 Å². The highest BCUT2D eigenvalue weighted by Crippen LogP contribution is 2.43. The van der Waals surface area contributed by atoms with E-state index in [2.05, 4.69) is 52.6 Å². The van der Waals surface area contributed by atoms with Crippen LogP contribution in [0.25, 0.3) is 0 Å². The van der Waals surface area contributed by atoms with Crippen LogP contribution >= 0.6 is 0 Å². The van der Waals surface area contributed by atoms with Gasteiger partial charge in [-0.15, -0.1) is 0 Å². The molecular formula is C19H38N2. The number of hydrogen-bond donors (Lipinski definition) is 2. The fourth-order valence-corrected chi connectivity index (χ4v) is 3.45. The molecule has 0 saturated carbocycles. The van der Waals surface area contributed by atoms with Gasteiger partial charge in [0, 0.05) is 0 Å². The molecule has 0 radical (unpaired) electrons. The van der Waals surface area contributed by atoms with Gasteiger partial charge in [-0.3, -0.25) is 0 Å². The Balaban J connectivity index is 5.39. The monoisotopic (exact) mass is 294 g/mol. The lowest BCUT2D eigenvalue weighted by atomic mass is 9.66. The minimum atomic E-state index is 0.284. The van der Waals surface area contributed by atoms with Crippen molar-refractivity contribution in [3.05, 3.63) is 23.8 Å². The van der Waals surface area contributed by atoms with Gasteiger partial charge in [0.2, 0.25) is 0 Å². The Bertz CT molecular complexity index is 332. The molecule has 21 heavy (non-hydrogen) atoms. The lowest BCUT2D eigenvalue weighted by molar-refractivity contribution is 0.160. The molecule has 0 aliphatic rings. The van der Waals surface area contributed by atoms with Crippen LogP contribution in [0.2, 0.25) is 0 Å². The molecule has 0 bridgehead atoms. The fraction of sp³-hybridized carbons (Fsp3) is 0.789. The highest BCUT2D eigenvalue weighted by Gasteiger charge is 2.34. The molecule has 0 aromatic carbocycles. The summed E-state index contributed by atoms with van der Waals surface area (Å²) >= 11 is 0. The topological polar surface area (TPSA) is 38.0 Å². The molecular weight excluding hydrogens is 256 g/mol. The second-order valence-electron chi connectivity index (χ2n) is 6.90. The minimum absolute atomic E-state index is 0.284. The molecule has 0 rings (SSSR count). The molecule has 3 atom stereocenters. The summed E-state index contributed by atoms with van der Waals surface area (Å²) in [6, 6.07) is 0. The Morgan fingerprint density at radius 1 is 1.33 bits per heavy atom. The van der Waals surface area contributed by atoms with E-state index in [1.807, 2.05) is 7.05 Å². The third-order valence-electron chi connectivity index (χ3n) is 5.03. The summed E-state index contributed by atoms with van der Waals surface area (Å²) in [7, 11) is 2.05. The highest BCUT2D eigenvalue weighted by atomic mass is 14.8. The molecule has 0 spiro atoms. The Labute approximate surface area is 133 Å². The summed E-state index contributed by atoms with van der Waals surface area (Å²) in [5.74, 6) is 1.30. The van der Waals surface area contributed by atoms with Crippen molar-refractivity contribution in [2.75, 3.05) is 20.1 Å². The van der Waals surface area contributed by atoms with Crippen molar-refractivity contribution in [3.63, 3.8) is 0 Å². The average Bonchev–Trinajstić information content (AvgIpc) is 2.42. The molecule has 0 aliphatic carbocycles. The van der Waals surface area contributed by atoms with Gasteiger partial charge in [-0.2, -0.15) is 0 Å². The zero-order chi connectivity index (χ0) is 16.5. The molecule has 0 amide bonds. The molecule has 0 fully saturated rings. The van der Waals surface area contributed by atoms with Gasteiger partial charge in [0.1, 0.15) is 0 Å². The molecule has 0 aliphatic heterocycles. The van der Waals surface area contributed by atoms with Gasteiger partial charge in [0.25, 0.3) is 0 Å². The lowest BCUT2D eigenvalue weighted by Gasteiger charge is -2.40. The van der Waals surface area contributed by atoms with Gasteiger partial charge >= 0.3 is 0 Å². The third-order valence-corrected chi connectivity index (χ3v) is 5.03. The Kier molecular flexibility index (Phi) is 9.89. The molecule has 1 unspecified atom stereocenters. The molecule has 3 N–H and O–H groups in total. The number of rotatable bonds is 11. The van der Waals surface area contributed by atoms with E-state index >= 15 is 0 Å². The zero-order valence-corrected chi connectivity index (χ0v) is 15.3. The van der Waals surface area contributed by atoms with E-state index in [4.69, 9.17) is 5.73 Å². The van der Waals surface area contributed by atoms with Gasteiger partial charge in [-0.05, 0) is 64.1 Å². The summed E-state index contributed by atoms with van der Waals surface area (Å²) in [5.41, 5.74) is 8.80. The first-order valence-electron chi connectivity index (χ1n) is 8.52. The lowest BCUT2D eigenvalue weighted by Crippen LogP contribution is -2.33. The van der Waals surface area contributed by atoms with Gasteiger partial charge in [-0.25, -0.2) is 0 Å². The first kappa shape index (κ1) is 20.4. The molecule has 2 heteroatoms. The molecule has 0 aromatic heterocycles. The van der Waals surface area contributed by atoms with Crippen molar-refractivity contribution in [2.24, 2.45) is 23.0 Å². The first-order valence-corrected chi connectivity index (χ1v) is 8.52. The maximum Gasteiger partial charge on any atom is -0.00234 e. The SMILES string of the molecule is C=C(C)/C=C(\C)[C@H](C[C@@H](CC)CNC)C(C)(CC)CCN. The van der Waals surface area contributed by atoms with Crippen molar-refractivity contribution >= 4 is 0 Å². The Hall–Kier alpha value is -0.600. The number of hydrogen-bond acceptors (Lipinski definition) is 2. The first-order chi connectivity index (χ1) is 9.84. The van der Waals surface area contributed by atoms with Crippen LogP contribution in [0.5, 0.6) is 0 Å². The maximum absolute atomic E-state index is 5.90. The minimum Gasteiger partial charge on any atom is -0.330 e. The Morgan fingerprint density at radius 2 is 1.95 bits per heavy atom. The standard InChI is InChI=1S/C19H38N2/c1-8-17(14-21-7)13-18(16(5)12-15(3)4)19(6,9-2)10-11-20/h12,17-18,21H,3,8-11,13-14,20H2,1-2,4-7H3/b16-12+/t17-,18+,19?/m1/s1. The second-order valence-corrected chi connectivity index (χ2v) is 6.90. The van der Waals surface area contributed by atoms with E-state index in [-0.39, 0.29) is 5.41 Å². The van der Waals surface area contributed by atoms with Crippen molar-refractivity contribution < 1.29 is 0 Å². The fourth-order valence-electron chi connectivity index (χ4n) is 3.45. The smallest absolute Gasteiger partial charge is 0.00234 e. The van der Waals surface area contributed by atoms with Crippen LogP contribution in [0, 0.1) is 17.3 Å². The van der Waals surface area contributed by atoms with Crippen LogP contribution < -0.4 is 11.1 Å². The summed E-state index contributed by atoms with van der Waals surface area (Å²) < 4.78 is 0. The highest BCUT2D eigenvalue weighted by molar-refractivity contribution is 5.21. The van der Waals surface area contributed by atoms with E-state index in [1.54, 1.807) is 0 Å². The average molecular weight is 295 g/mol. The van der Waals surface area contributed by atoms with Crippen LogP contribution in [0.3, 0.4) is 0 Å². The largest absolute Gasteiger partial charge is 0.330 e. The van der Waals surface area contributed by atoms with E-state index < -0.39 is 0 Å². The predicted molar refractivity (Wildman–Crippen MR) is 96.5 cm³/mol. The van der Waals surface area contributed by atoms with Crippen LogP contribution in [0.4, 0.5) is 0 Å². The zero-order valence-electron chi connectivity index (χ0n) is 15.3. The quantitative estimate of drug-likeness (QED) is 0.550. The number of allylic oxidation sites excluding steroid dienone is 3. The summed E-state index contributed by atoms with van der Waals surface area (Å²) in [5, 5.41) is 3.34. The predicted octanol–water partition coefficient (Wildman–Crippen LogP) is 4.53. The molecule has 2 nitrogen and oxygen atoms in total. The molecule has 0 aromatic rings.